The maximum absolute atomic E-state index is 12.7. The fourth-order valence-corrected chi connectivity index (χ4v) is 3.96. The predicted octanol–water partition coefficient (Wildman–Crippen LogP) is 2.67. The molecule has 2 rings (SSSR count). The number of benzene rings is 1. The van der Waals surface area contributed by atoms with E-state index in [1.165, 1.54) is 0 Å². The van der Waals surface area contributed by atoms with Gasteiger partial charge in [-0.3, -0.25) is 10.1 Å². The van der Waals surface area contributed by atoms with E-state index in [9.17, 15) is 31.7 Å². The van der Waals surface area contributed by atoms with Crippen molar-refractivity contribution in [2.75, 3.05) is 38.6 Å². The molecule has 1 aliphatic rings. The van der Waals surface area contributed by atoms with E-state index >= 15 is 0 Å². The molecule has 26 heavy (non-hydrogen) atoms. The second kappa shape index (κ2) is 7.39. The number of sulfone groups is 1. The van der Waals surface area contributed by atoms with Crippen LogP contribution in [-0.2, 0) is 9.84 Å². The molecule has 0 saturated carbocycles. The Bertz CT molecular complexity index is 783. The Morgan fingerprint density at radius 3 is 2.58 bits per heavy atom. The zero-order valence-electron chi connectivity index (χ0n) is 14.4. The number of hydrogen-bond acceptors (Lipinski definition) is 6. The maximum atomic E-state index is 12.7. The third-order valence-electron chi connectivity index (χ3n) is 4.42. The first-order valence-electron chi connectivity index (χ1n) is 7.93. The van der Waals surface area contributed by atoms with Gasteiger partial charge in [0.2, 0.25) is 0 Å². The SMILES string of the molecule is CN1CCCC(CN(C)c2ccc(S(=O)(=O)C(F)(F)F)cc2[N+](=O)[O-])C1. The minimum Gasteiger partial charge on any atom is -0.369 e. The Labute approximate surface area is 149 Å². The average molecular weight is 395 g/mol. The van der Waals surface area contributed by atoms with Gasteiger partial charge in [-0.05, 0) is 44.5 Å². The average Bonchev–Trinajstić information content (AvgIpc) is 2.53. The van der Waals surface area contributed by atoms with Gasteiger partial charge in [-0.15, -0.1) is 0 Å². The molecule has 0 bridgehead atoms. The highest BCUT2D eigenvalue weighted by Gasteiger charge is 2.47. The molecule has 1 unspecified atom stereocenters. The van der Waals surface area contributed by atoms with Crippen LogP contribution in [0.25, 0.3) is 0 Å². The van der Waals surface area contributed by atoms with Gasteiger partial charge in [0.25, 0.3) is 15.5 Å². The van der Waals surface area contributed by atoms with Gasteiger partial charge in [-0.25, -0.2) is 8.42 Å². The molecule has 1 aliphatic heterocycles. The minimum absolute atomic E-state index is 0.0874. The summed E-state index contributed by atoms with van der Waals surface area (Å²) in [5.41, 5.74) is -6.09. The number of nitro benzene ring substituents is 1. The normalized spacial score (nSPS) is 19.3. The number of nitro groups is 1. The topological polar surface area (TPSA) is 83.8 Å². The molecule has 7 nitrogen and oxygen atoms in total. The van der Waals surface area contributed by atoms with Crippen molar-refractivity contribution >= 4 is 21.2 Å². The van der Waals surface area contributed by atoms with Crippen molar-refractivity contribution in [1.29, 1.82) is 0 Å². The lowest BCUT2D eigenvalue weighted by Gasteiger charge is -2.33. The summed E-state index contributed by atoms with van der Waals surface area (Å²) in [5.74, 6) is 0.261. The summed E-state index contributed by atoms with van der Waals surface area (Å²) in [4.78, 5) is 13.0. The Balaban J connectivity index is 2.33. The van der Waals surface area contributed by atoms with Crippen molar-refractivity contribution in [1.82, 2.24) is 4.90 Å². The molecule has 1 atom stereocenters. The fraction of sp³-hybridized carbons (Fsp3) is 0.600. The monoisotopic (exact) mass is 395 g/mol. The number of hydrogen-bond donors (Lipinski definition) is 0. The van der Waals surface area contributed by atoms with Gasteiger partial charge >= 0.3 is 5.51 Å². The molecular weight excluding hydrogens is 375 g/mol. The number of anilines is 1. The van der Waals surface area contributed by atoms with Crippen LogP contribution in [0, 0.1) is 16.0 Å². The van der Waals surface area contributed by atoms with Crippen molar-refractivity contribution in [3.8, 4) is 0 Å². The summed E-state index contributed by atoms with van der Waals surface area (Å²) < 4.78 is 61.0. The molecule has 1 saturated heterocycles. The Kier molecular flexibility index (Phi) is 5.81. The Morgan fingerprint density at radius 2 is 2.04 bits per heavy atom. The summed E-state index contributed by atoms with van der Waals surface area (Å²) in [5, 5.41) is 11.3. The minimum atomic E-state index is -5.64. The van der Waals surface area contributed by atoms with Crippen molar-refractivity contribution in [3.05, 3.63) is 28.3 Å². The summed E-state index contributed by atoms with van der Waals surface area (Å²) >= 11 is 0. The second-order valence-electron chi connectivity index (χ2n) is 6.51. The summed E-state index contributed by atoms with van der Waals surface area (Å²) in [7, 11) is -2.06. The van der Waals surface area contributed by atoms with Crippen molar-refractivity contribution in [2.24, 2.45) is 5.92 Å². The lowest BCUT2D eigenvalue weighted by Crippen LogP contribution is -2.38. The molecule has 0 spiro atoms. The molecule has 1 aromatic rings. The van der Waals surface area contributed by atoms with E-state index in [1.54, 1.807) is 11.9 Å². The standard InChI is InChI=1S/C15H20F3N3O4S/c1-19-7-3-4-11(9-19)10-20(2)13-6-5-12(8-14(13)21(22)23)26(24,25)15(16,17)18/h5-6,8,11H,3-4,7,9-10H2,1-2H3. The van der Waals surface area contributed by atoms with Crippen LogP contribution in [0.15, 0.2) is 23.1 Å². The van der Waals surface area contributed by atoms with E-state index in [1.807, 2.05) is 7.05 Å². The number of alkyl halides is 3. The summed E-state index contributed by atoms with van der Waals surface area (Å²) in [6.07, 6.45) is 1.95. The van der Waals surface area contributed by atoms with Crippen LogP contribution in [0.4, 0.5) is 24.5 Å². The lowest BCUT2D eigenvalue weighted by molar-refractivity contribution is -0.384. The van der Waals surface area contributed by atoms with Gasteiger partial charge < -0.3 is 9.80 Å². The van der Waals surface area contributed by atoms with Crippen molar-refractivity contribution in [2.45, 2.75) is 23.2 Å². The number of halogens is 3. The van der Waals surface area contributed by atoms with E-state index in [4.69, 9.17) is 0 Å². The molecule has 1 aromatic carbocycles. The highest BCUT2D eigenvalue weighted by atomic mass is 32.2. The van der Waals surface area contributed by atoms with Crippen molar-refractivity contribution < 1.29 is 26.5 Å². The van der Waals surface area contributed by atoms with Crippen molar-refractivity contribution in [3.63, 3.8) is 0 Å². The molecule has 0 N–H and O–H groups in total. The molecule has 1 heterocycles. The Hall–Kier alpha value is -1.88. The zero-order chi connectivity index (χ0) is 19.7. The predicted molar refractivity (Wildman–Crippen MR) is 89.8 cm³/mol. The van der Waals surface area contributed by atoms with Crippen LogP contribution >= 0.6 is 0 Å². The van der Waals surface area contributed by atoms with Gasteiger partial charge in [0.15, 0.2) is 0 Å². The number of piperidine rings is 1. The quantitative estimate of drug-likeness (QED) is 0.563. The van der Waals surface area contributed by atoms with Gasteiger partial charge in [-0.1, -0.05) is 0 Å². The first-order valence-corrected chi connectivity index (χ1v) is 9.41. The number of likely N-dealkylation sites (tertiary alicyclic amines) is 1. The smallest absolute Gasteiger partial charge is 0.369 e. The van der Waals surface area contributed by atoms with Gasteiger partial charge in [0, 0.05) is 26.2 Å². The van der Waals surface area contributed by atoms with E-state index in [-0.39, 0.29) is 11.6 Å². The van der Waals surface area contributed by atoms with Crippen LogP contribution in [-0.4, -0.2) is 57.5 Å². The first-order chi connectivity index (χ1) is 11.9. The molecular formula is C15H20F3N3O4S. The van der Waals surface area contributed by atoms with Crippen LogP contribution in [0.3, 0.4) is 0 Å². The maximum Gasteiger partial charge on any atom is 0.501 e. The van der Waals surface area contributed by atoms with Crippen LogP contribution in [0.5, 0.6) is 0 Å². The number of nitrogens with zero attached hydrogens (tertiary/aromatic N) is 3. The lowest BCUT2D eigenvalue weighted by atomic mass is 9.98. The van der Waals surface area contributed by atoms with Crippen LogP contribution < -0.4 is 4.90 Å². The molecule has 1 fully saturated rings. The fourth-order valence-electron chi connectivity index (χ4n) is 3.18. The molecule has 0 amide bonds. The van der Waals surface area contributed by atoms with Crippen LogP contribution in [0.2, 0.25) is 0 Å². The largest absolute Gasteiger partial charge is 0.501 e. The molecule has 11 heteroatoms. The number of rotatable bonds is 5. The second-order valence-corrected chi connectivity index (χ2v) is 8.45. The summed E-state index contributed by atoms with van der Waals surface area (Å²) in [6.45, 7) is 2.28. The third-order valence-corrected chi connectivity index (χ3v) is 5.91. The Morgan fingerprint density at radius 1 is 1.38 bits per heavy atom. The van der Waals surface area contributed by atoms with Gasteiger partial charge in [-0.2, -0.15) is 13.2 Å². The van der Waals surface area contributed by atoms with E-state index < -0.39 is 30.9 Å². The van der Waals surface area contributed by atoms with E-state index in [2.05, 4.69) is 4.90 Å². The summed E-state index contributed by atoms with van der Waals surface area (Å²) in [6, 6.07) is 2.29. The highest BCUT2D eigenvalue weighted by Crippen LogP contribution is 2.36. The van der Waals surface area contributed by atoms with E-state index in [0.29, 0.717) is 12.6 Å². The highest BCUT2D eigenvalue weighted by molar-refractivity contribution is 7.92. The first kappa shape index (κ1) is 20.4. The molecule has 0 radical (unpaired) electrons. The molecule has 146 valence electrons. The molecule has 0 aromatic heterocycles. The van der Waals surface area contributed by atoms with Gasteiger partial charge in [0.1, 0.15) is 5.69 Å². The third kappa shape index (κ3) is 4.26. The van der Waals surface area contributed by atoms with Gasteiger partial charge in [0.05, 0.1) is 9.82 Å². The zero-order valence-corrected chi connectivity index (χ0v) is 15.2. The molecule has 0 aliphatic carbocycles. The van der Waals surface area contributed by atoms with E-state index in [0.717, 1.165) is 38.1 Å². The van der Waals surface area contributed by atoms with Crippen LogP contribution in [0.1, 0.15) is 12.8 Å².